The molecule has 5 aliphatic rings. The first-order valence-corrected chi connectivity index (χ1v) is 33.6. The SMILES string of the molecule is CCCCCCCCCCC1c2cc3c4cc2OCOc2cc5c(cc21)C(CCCCCCCCCC)c1cc2c(c(O)c1OCO5)OCOc1c(cc(c(c1O)OCO4)C3CCCCCCCCCC)C2CCCCCCCCCC. The molecule has 8 bridgehead atoms. The van der Waals surface area contributed by atoms with E-state index in [0.717, 1.165) is 151 Å². The van der Waals surface area contributed by atoms with E-state index in [9.17, 15) is 10.2 Å². The highest BCUT2D eigenvalue weighted by Crippen LogP contribution is 2.59. The van der Waals surface area contributed by atoms with Crippen molar-refractivity contribution in [2.24, 2.45) is 0 Å². The van der Waals surface area contributed by atoms with Crippen molar-refractivity contribution in [3.63, 3.8) is 0 Å². The molecule has 0 radical (unpaired) electrons. The molecule has 2 unspecified atom stereocenters. The molecule has 1 aliphatic carbocycles. The Hall–Kier alpha value is -5.12. The van der Waals surface area contributed by atoms with Gasteiger partial charge in [0.25, 0.3) is 0 Å². The molecule has 0 spiro atoms. The van der Waals surface area contributed by atoms with Crippen LogP contribution in [0.15, 0.2) is 36.4 Å². The van der Waals surface area contributed by atoms with Crippen molar-refractivity contribution in [1.29, 1.82) is 0 Å². The number of hydrogen-bond donors (Lipinski definition) is 2. The van der Waals surface area contributed by atoms with E-state index in [1.165, 1.54) is 148 Å². The molecule has 0 fully saturated rings. The molecule has 0 aromatic heterocycles. The topological polar surface area (TPSA) is 114 Å². The molecule has 452 valence electrons. The van der Waals surface area contributed by atoms with E-state index >= 15 is 0 Å². The lowest BCUT2D eigenvalue weighted by Gasteiger charge is -2.35. The van der Waals surface area contributed by atoms with Crippen molar-refractivity contribution in [2.75, 3.05) is 27.2 Å². The smallest absolute Gasteiger partial charge is 0.231 e. The van der Waals surface area contributed by atoms with Crippen LogP contribution in [0.4, 0.5) is 0 Å². The third-order valence-electron chi connectivity index (χ3n) is 18.9. The van der Waals surface area contributed by atoms with Crippen molar-refractivity contribution in [3.8, 4) is 57.5 Å². The van der Waals surface area contributed by atoms with Gasteiger partial charge in [0.15, 0.2) is 23.0 Å². The summed E-state index contributed by atoms with van der Waals surface area (Å²) in [5, 5.41) is 25.8. The molecule has 4 aromatic rings. The lowest BCUT2D eigenvalue weighted by Crippen LogP contribution is -2.22. The van der Waals surface area contributed by atoms with E-state index in [2.05, 4.69) is 64.1 Å². The van der Waals surface area contributed by atoms with Gasteiger partial charge in [0, 0.05) is 80.3 Å². The van der Waals surface area contributed by atoms with Crippen LogP contribution in [0.5, 0.6) is 57.5 Å². The van der Waals surface area contributed by atoms with Gasteiger partial charge >= 0.3 is 0 Å². The molecule has 4 aliphatic heterocycles. The fourth-order valence-electron chi connectivity index (χ4n) is 14.2. The summed E-state index contributed by atoms with van der Waals surface area (Å²) in [4.78, 5) is 0. The van der Waals surface area contributed by atoms with Crippen molar-refractivity contribution in [2.45, 2.75) is 283 Å². The van der Waals surface area contributed by atoms with Gasteiger partial charge in [-0.1, -0.05) is 233 Å². The Morgan fingerprint density at radius 1 is 0.256 bits per heavy atom. The fourth-order valence-corrected chi connectivity index (χ4v) is 14.2. The standard InChI is InChI=1S/C72H104O10/c1-5-9-13-17-21-25-29-33-37-51-55-41-57-52(38-34-30-26-22-18-14-10-6-2)59-43-61-54(40-36-32-28-24-20-16-12-8-4)62-44-60-53(39-35-31-27-23-19-15-11-7-3)58-42-56(51)64-46-66(58)78-49-80-70(60)68(74)72(62)82-50-81-71(61)67(73)69(59)79-48-77-65(57)45-63(55)75-47-76-64/h41-46,51-54,73-74H,5-40,47-50H2,1-4H3. The zero-order valence-corrected chi connectivity index (χ0v) is 51.2. The van der Waals surface area contributed by atoms with Crippen LogP contribution in [0.2, 0.25) is 0 Å². The van der Waals surface area contributed by atoms with E-state index < -0.39 is 0 Å². The molecule has 10 heteroatoms. The highest BCUT2D eigenvalue weighted by Gasteiger charge is 2.40. The summed E-state index contributed by atoms with van der Waals surface area (Å²) in [5.74, 6) is 3.71. The number of hydrogen-bond acceptors (Lipinski definition) is 10. The minimum atomic E-state index is -0.306. The van der Waals surface area contributed by atoms with Gasteiger partial charge in [-0.25, -0.2) is 0 Å². The minimum absolute atomic E-state index is 0.0182. The van der Waals surface area contributed by atoms with E-state index in [-0.39, 0.29) is 62.3 Å². The minimum Gasteiger partial charge on any atom is -0.502 e. The quantitative estimate of drug-likeness (QED) is 0.0427. The van der Waals surface area contributed by atoms with Crippen LogP contribution in [0.3, 0.4) is 0 Å². The molecule has 0 saturated carbocycles. The van der Waals surface area contributed by atoms with Crippen LogP contribution in [0.1, 0.15) is 327 Å². The van der Waals surface area contributed by atoms with Gasteiger partial charge in [0.2, 0.25) is 38.7 Å². The molecular weight excluding hydrogens is 1020 g/mol. The second kappa shape index (κ2) is 32.2. The Kier molecular flexibility index (Phi) is 24.2. The van der Waals surface area contributed by atoms with Crippen LogP contribution in [-0.4, -0.2) is 37.4 Å². The van der Waals surface area contributed by atoms with Crippen LogP contribution in [-0.2, 0) is 0 Å². The van der Waals surface area contributed by atoms with E-state index in [1.807, 2.05) is 0 Å². The van der Waals surface area contributed by atoms with Crippen LogP contribution >= 0.6 is 0 Å². The summed E-state index contributed by atoms with van der Waals surface area (Å²) < 4.78 is 53.5. The first kappa shape index (κ1) is 61.4. The third-order valence-corrected chi connectivity index (χ3v) is 18.9. The second-order valence-corrected chi connectivity index (χ2v) is 24.9. The third kappa shape index (κ3) is 15.4. The Balaban J connectivity index is 1.24. The average molecular weight is 1130 g/mol. The van der Waals surface area contributed by atoms with Gasteiger partial charge in [-0.05, 0) is 49.9 Å². The van der Waals surface area contributed by atoms with Crippen molar-refractivity contribution in [3.05, 3.63) is 80.9 Å². The first-order chi connectivity index (χ1) is 40.4. The lowest BCUT2D eigenvalue weighted by atomic mass is 9.75. The summed E-state index contributed by atoms with van der Waals surface area (Å²) in [5.41, 5.74) is 8.10. The highest BCUT2D eigenvalue weighted by molar-refractivity contribution is 5.70. The largest absolute Gasteiger partial charge is 0.502 e. The van der Waals surface area contributed by atoms with Crippen LogP contribution in [0, 0.1) is 0 Å². The molecule has 2 N–H and O–H groups in total. The monoisotopic (exact) mass is 1130 g/mol. The van der Waals surface area contributed by atoms with Gasteiger partial charge in [0.1, 0.15) is 23.0 Å². The summed E-state index contributed by atoms with van der Waals surface area (Å²) in [6, 6.07) is 13.7. The maximum absolute atomic E-state index is 12.9. The Labute approximate surface area is 494 Å². The highest BCUT2D eigenvalue weighted by atomic mass is 16.7. The number of aromatic hydroxyl groups is 2. The zero-order valence-electron chi connectivity index (χ0n) is 51.2. The zero-order chi connectivity index (χ0) is 56.9. The number of unbranched alkanes of at least 4 members (excludes halogenated alkanes) is 28. The number of phenolic OH excluding ortho intramolecular Hbond substituents is 2. The molecular formula is C72H104O10. The Bertz CT molecular complexity index is 2450. The molecule has 4 heterocycles. The molecule has 2 atom stereocenters. The Morgan fingerprint density at radius 2 is 0.451 bits per heavy atom. The van der Waals surface area contributed by atoms with Crippen molar-refractivity contribution in [1.82, 2.24) is 0 Å². The van der Waals surface area contributed by atoms with Gasteiger partial charge in [-0.3, -0.25) is 0 Å². The van der Waals surface area contributed by atoms with Crippen LogP contribution < -0.4 is 37.9 Å². The molecule has 4 aromatic carbocycles. The molecule has 0 saturated heterocycles. The Morgan fingerprint density at radius 3 is 0.720 bits per heavy atom. The number of benzene rings is 4. The summed E-state index contributed by atoms with van der Waals surface area (Å²) in [7, 11) is 0. The van der Waals surface area contributed by atoms with Gasteiger partial charge in [0.05, 0.1) is 0 Å². The first-order valence-electron chi connectivity index (χ1n) is 33.6. The number of phenols is 2. The van der Waals surface area contributed by atoms with Gasteiger partial charge in [-0.15, -0.1) is 0 Å². The van der Waals surface area contributed by atoms with Gasteiger partial charge in [-0.2, -0.15) is 0 Å². The van der Waals surface area contributed by atoms with Crippen molar-refractivity contribution < 1.29 is 48.1 Å². The maximum atomic E-state index is 12.9. The summed E-state index contributed by atoms with van der Waals surface area (Å²) >= 11 is 0. The molecule has 82 heavy (non-hydrogen) atoms. The molecule has 9 rings (SSSR count). The van der Waals surface area contributed by atoms with E-state index in [1.54, 1.807) is 0 Å². The van der Waals surface area contributed by atoms with E-state index in [0.29, 0.717) is 23.0 Å². The maximum Gasteiger partial charge on any atom is 0.231 e. The normalized spacial score (nSPS) is 18.0. The summed E-state index contributed by atoms with van der Waals surface area (Å²) in [6.45, 7) is 8.69. The van der Waals surface area contributed by atoms with E-state index in [4.69, 9.17) is 37.9 Å². The number of ether oxygens (including phenoxy) is 8. The van der Waals surface area contributed by atoms with Crippen LogP contribution in [0.25, 0.3) is 0 Å². The predicted octanol–water partition coefficient (Wildman–Crippen LogP) is 21.0. The van der Waals surface area contributed by atoms with Crippen molar-refractivity contribution >= 4 is 0 Å². The fraction of sp³-hybridized carbons (Fsp3) is 0.667. The summed E-state index contributed by atoms with van der Waals surface area (Å²) in [6.07, 6.45) is 41.9. The predicted molar refractivity (Wildman–Crippen MR) is 330 cm³/mol. The number of rotatable bonds is 36. The van der Waals surface area contributed by atoms with Gasteiger partial charge < -0.3 is 48.1 Å². The second-order valence-electron chi connectivity index (χ2n) is 24.9. The molecule has 10 nitrogen and oxygen atoms in total. The average Bonchev–Trinajstić information content (AvgIpc) is 1.50. The lowest BCUT2D eigenvalue weighted by molar-refractivity contribution is 0.0912. The molecule has 0 amide bonds.